The Balaban J connectivity index is 0.00000182. The van der Waals surface area contributed by atoms with Crippen LogP contribution in [0, 0.1) is 12.3 Å². The number of amides is 1. The molecule has 2 aliphatic heterocycles. The zero-order chi connectivity index (χ0) is 17.7. The Bertz CT molecular complexity index is 571. The quantitative estimate of drug-likeness (QED) is 0.746. The van der Waals surface area contributed by atoms with Gasteiger partial charge in [-0.1, -0.05) is 29.8 Å². The van der Waals surface area contributed by atoms with Crippen LogP contribution in [0.4, 0.5) is 0 Å². The van der Waals surface area contributed by atoms with E-state index in [2.05, 4.69) is 41.4 Å². The molecule has 27 heavy (non-hydrogen) atoms. The molecule has 1 aromatic carbocycles. The largest absolute Gasteiger partial charge is 0.381 e. The smallest absolute Gasteiger partial charge is 0.227 e. The number of halogens is 2. The van der Waals surface area contributed by atoms with Crippen LogP contribution in [0.5, 0.6) is 0 Å². The number of carbonyl (C=O) groups is 1. The standard InChI is InChI=1S/C20H31N3O2.2ClH/c1-16-4-6-17(7-5-16)18(23-10-2-3-11-23)14-22-19(24)20(15-21)8-12-25-13-9-20;;/h4-7,18H,2-3,8-15,21H2,1H3,(H,22,24);2*1H. The number of likely N-dealkylation sites (tertiary alicyclic amines) is 1. The molecule has 3 rings (SSSR count). The Morgan fingerprint density at radius 1 is 1.19 bits per heavy atom. The van der Waals surface area contributed by atoms with E-state index in [1.54, 1.807) is 0 Å². The molecule has 2 saturated heterocycles. The van der Waals surface area contributed by atoms with Crippen molar-refractivity contribution in [2.45, 2.75) is 38.6 Å². The second-order valence-electron chi connectivity index (χ2n) is 7.48. The van der Waals surface area contributed by atoms with Gasteiger partial charge in [-0.3, -0.25) is 9.69 Å². The Labute approximate surface area is 175 Å². The van der Waals surface area contributed by atoms with Crippen molar-refractivity contribution < 1.29 is 9.53 Å². The molecule has 0 saturated carbocycles. The monoisotopic (exact) mass is 417 g/mol. The second-order valence-corrected chi connectivity index (χ2v) is 7.48. The average Bonchev–Trinajstić information content (AvgIpc) is 3.18. The molecule has 7 heteroatoms. The first-order chi connectivity index (χ1) is 12.1. The van der Waals surface area contributed by atoms with Crippen LogP contribution in [0.15, 0.2) is 24.3 Å². The number of benzene rings is 1. The molecule has 0 aromatic heterocycles. The fourth-order valence-electron chi connectivity index (χ4n) is 3.96. The summed E-state index contributed by atoms with van der Waals surface area (Å²) >= 11 is 0. The molecule has 0 aliphatic carbocycles. The normalized spacial score (nSPS) is 20.2. The van der Waals surface area contributed by atoms with Gasteiger partial charge in [0.15, 0.2) is 0 Å². The highest BCUT2D eigenvalue weighted by Crippen LogP contribution is 2.30. The summed E-state index contributed by atoms with van der Waals surface area (Å²) in [4.78, 5) is 15.4. The minimum absolute atomic E-state index is 0. The highest BCUT2D eigenvalue weighted by molar-refractivity contribution is 5.85. The van der Waals surface area contributed by atoms with Gasteiger partial charge in [0.2, 0.25) is 5.91 Å². The summed E-state index contributed by atoms with van der Waals surface area (Å²) in [6, 6.07) is 8.93. The van der Waals surface area contributed by atoms with Crippen molar-refractivity contribution in [1.29, 1.82) is 0 Å². The third-order valence-corrected chi connectivity index (χ3v) is 5.82. The van der Waals surface area contributed by atoms with Gasteiger partial charge in [-0.25, -0.2) is 0 Å². The summed E-state index contributed by atoms with van der Waals surface area (Å²) in [6.45, 7) is 6.59. The van der Waals surface area contributed by atoms with Crippen molar-refractivity contribution in [3.63, 3.8) is 0 Å². The van der Waals surface area contributed by atoms with Gasteiger partial charge < -0.3 is 15.8 Å². The van der Waals surface area contributed by atoms with E-state index in [9.17, 15) is 4.79 Å². The van der Waals surface area contributed by atoms with E-state index in [1.807, 2.05) is 0 Å². The summed E-state index contributed by atoms with van der Waals surface area (Å²) in [5.74, 6) is 0.0922. The Hall–Kier alpha value is -0.850. The molecule has 0 spiro atoms. The molecule has 2 aliphatic rings. The van der Waals surface area contributed by atoms with Gasteiger partial charge in [-0.05, 0) is 51.3 Å². The van der Waals surface area contributed by atoms with Crippen molar-refractivity contribution in [2.75, 3.05) is 39.4 Å². The first-order valence-corrected chi connectivity index (χ1v) is 9.51. The van der Waals surface area contributed by atoms with E-state index in [0.717, 1.165) is 13.1 Å². The maximum atomic E-state index is 12.9. The Morgan fingerprint density at radius 2 is 1.78 bits per heavy atom. The van der Waals surface area contributed by atoms with Crippen LogP contribution in [0.3, 0.4) is 0 Å². The van der Waals surface area contributed by atoms with Crippen molar-refractivity contribution in [3.05, 3.63) is 35.4 Å². The van der Waals surface area contributed by atoms with Crippen LogP contribution in [0.25, 0.3) is 0 Å². The van der Waals surface area contributed by atoms with Crippen LogP contribution in [-0.4, -0.2) is 50.2 Å². The highest BCUT2D eigenvalue weighted by Gasteiger charge is 2.39. The predicted octanol–water partition coefficient (Wildman–Crippen LogP) is 2.85. The molecule has 5 nitrogen and oxygen atoms in total. The molecule has 154 valence electrons. The van der Waals surface area contributed by atoms with Crippen molar-refractivity contribution in [1.82, 2.24) is 10.2 Å². The fraction of sp³-hybridized carbons (Fsp3) is 0.650. The predicted molar refractivity (Wildman–Crippen MR) is 114 cm³/mol. The molecule has 1 unspecified atom stereocenters. The highest BCUT2D eigenvalue weighted by atomic mass is 35.5. The first kappa shape index (κ1) is 24.2. The van der Waals surface area contributed by atoms with Crippen LogP contribution in [0.1, 0.15) is 42.9 Å². The average molecular weight is 418 g/mol. The van der Waals surface area contributed by atoms with Crippen molar-refractivity contribution in [3.8, 4) is 0 Å². The molecule has 1 aromatic rings. The minimum atomic E-state index is -0.457. The summed E-state index contributed by atoms with van der Waals surface area (Å²) in [5.41, 5.74) is 8.05. The summed E-state index contributed by atoms with van der Waals surface area (Å²) in [7, 11) is 0. The Morgan fingerprint density at radius 3 is 2.33 bits per heavy atom. The van der Waals surface area contributed by atoms with Gasteiger partial charge in [0.1, 0.15) is 0 Å². The number of carbonyl (C=O) groups excluding carboxylic acids is 1. The van der Waals surface area contributed by atoms with Crippen LogP contribution >= 0.6 is 24.8 Å². The third-order valence-electron chi connectivity index (χ3n) is 5.82. The minimum Gasteiger partial charge on any atom is -0.381 e. The summed E-state index contributed by atoms with van der Waals surface area (Å²) < 4.78 is 5.42. The zero-order valence-electron chi connectivity index (χ0n) is 16.1. The van der Waals surface area contributed by atoms with Crippen molar-refractivity contribution in [2.24, 2.45) is 11.1 Å². The number of aryl methyl sites for hydroxylation is 1. The lowest BCUT2D eigenvalue weighted by Crippen LogP contribution is -2.50. The van der Waals surface area contributed by atoms with Gasteiger partial charge in [-0.15, -0.1) is 24.8 Å². The lowest BCUT2D eigenvalue weighted by Gasteiger charge is -2.36. The van der Waals surface area contributed by atoms with E-state index in [1.165, 1.54) is 24.0 Å². The molecule has 0 bridgehead atoms. The zero-order valence-corrected chi connectivity index (χ0v) is 17.7. The lowest BCUT2D eigenvalue weighted by atomic mass is 9.79. The first-order valence-electron chi connectivity index (χ1n) is 9.51. The number of nitrogens with two attached hydrogens (primary N) is 1. The van der Waals surface area contributed by atoms with Crippen LogP contribution in [0.2, 0.25) is 0 Å². The van der Waals surface area contributed by atoms with Crippen LogP contribution in [-0.2, 0) is 9.53 Å². The SMILES string of the molecule is Cc1ccc(C(CNC(=O)C2(CN)CCOCC2)N2CCCC2)cc1.Cl.Cl. The van der Waals surface area contributed by atoms with E-state index < -0.39 is 5.41 Å². The van der Waals surface area contributed by atoms with Gasteiger partial charge in [-0.2, -0.15) is 0 Å². The number of nitrogens with one attached hydrogen (secondary N) is 1. The second kappa shape index (κ2) is 11.2. The maximum Gasteiger partial charge on any atom is 0.227 e. The van der Waals surface area contributed by atoms with Gasteiger partial charge >= 0.3 is 0 Å². The van der Waals surface area contributed by atoms with Gasteiger partial charge in [0.05, 0.1) is 11.5 Å². The molecule has 0 radical (unpaired) electrons. The van der Waals surface area contributed by atoms with Crippen molar-refractivity contribution >= 4 is 30.7 Å². The lowest BCUT2D eigenvalue weighted by molar-refractivity contribution is -0.136. The van der Waals surface area contributed by atoms with Crippen LogP contribution < -0.4 is 11.1 Å². The van der Waals surface area contributed by atoms with Gasteiger partial charge in [0, 0.05) is 26.3 Å². The molecule has 2 fully saturated rings. The maximum absolute atomic E-state index is 12.9. The Kier molecular flexibility index (Phi) is 10.1. The van der Waals surface area contributed by atoms with E-state index in [0.29, 0.717) is 39.1 Å². The number of nitrogens with zero attached hydrogens (tertiary/aromatic N) is 1. The molecule has 1 atom stereocenters. The van der Waals surface area contributed by atoms with Gasteiger partial charge in [0.25, 0.3) is 0 Å². The molecule has 2 heterocycles. The van der Waals surface area contributed by atoms with E-state index >= 15 is 0 Å². The molecule has 1 amide bonds. The fourth-order valence-corrected chi connectivity index (χ4v) is 3.96. The topological polar surface area (TPSA) is 67.6 Å². The summed E-state index contributed by atoms with van der Waals surface area (Å²) in [5, 5.41) is 3.22. The summed E-state index contributed by atoms with van der Waals surface area (Å²) in [6.07, 6.45) is 3.91. The molecule has 3 N–H and O–H groups in total. The third kappa shape index (κ3) is 5.81. The molecular formula is C20H33Cl2N3O2. The number of ether oxygens (including phenoxy) is 1. The number of hydrogen-bond acceptors (Lipinski definition) is 4. The van der Waals surface area contributed by atoms with E-state index in [4.69, 9.17) is 10.5 Å². The van der Waals surface area contributed by atoms with E-state index in [-0.39, 0.29) is 36.8 Å². The molecular weight excluding hydrogens is 385 g/mol. The number of rotatable bonds is 6. The number of hydrogen-bond donors (Lipinski definition) is 2.